The average molecular weight is 461 g/mol. The van der Waals surface area contributed by atoms with Crippen LogP contribution in [0.4, 0.5) is 5.69 Å². The molecule has 0 aliphatic rings. The number of rotatable bonds is 6. The molecular formula is C17H13N6O6S2+. The molecule has 0 radical (unpaired) electrons. The van der Waals surface area contributed by atoms with Crippen LogP contribution < -0.4 is 4.80 Å². The molecule has 0 aliphatic carbocycles. The monoisotopic (exact) mass is 461 g/mol. The quantitative estimate of drug-likeness (QED) is 0.186. The number of aromatic nitrogens is 5. The van der Waals surface area contributed by atoms with Crippen LogP contribution in [0.15, 0.2) is 58.3 Å². The average Bonchev–Trinajstić information content (AvgIpc) is 3.42. The number of tetrazole rings is 1. The lowest BCUT2D eigenvalue weighted by Crippen LogP contribution is -2.43. The molecule has 0 atom stereocenters. The molecule has 2 N–H and O–H groups in total. The Labute approximate surface area is 178 Å². The van der Waals surface area contributed by atoms with Gasteiger partial charge in [-0.15, -0.1) is 11.3 Å². The van der Waals surface area contributed by atoms with Crippen molar-refractivity contribution in [2.24, 2.45) is 0 Å². The minimum atomic E-state index is -4.56. The smallest absolute Gasteiger partial charge is 0.317 e. The van der Waals surface area contributed by atoms with Crippen LogP contribution in [0.1, 0.15) is 5.56 Å². The first-order valence-electron chi connectivity index (χ1n) is 8.53. The molecule has 0 saturated heterocycles. The van der Waals surface area contributed by atoms with E-state index in [1.165, 1.54) is 57.3 Å². The summed E-state index contributed by atoms with van der Waals surface area (Å²) in [6, 6.07) is 9.48. The van der Waals surface area contributed by atoms with E-state index in [1.807, 2.05) is 0 Å². The van der Waals surface area contributed by atoms with Gasteiger partial charge in [0.15, 0.2) is 5.51 Å². The first kappa shape index (κ1) is 20.7. The van der Waals surface area contributed by atoms with Gasteiger partial charge in [-0.3, -0.25) is 14.7 Å². The maximum absolute atomic E-state index is 11.8. The van der Waals surface area contributed by atoms with Gasteiger partial charge >= 0.3 is 5.82 Å². The fourth-order valence-corrected chi connectivity index (χ4v) is 4.08. The van der Waals surface area contributed by atoms with E-state index >= 15 is 0 Å². The summed E-state index contributed by atoms with van der Waals surface area (Å²) in [6.45, 7) is -0.523. The summed E-state index contributed by atoms with van der Waals surface area (Å²) in [7, 11) is -4.56. The van der Waals surface area contributed by atoms with E-state index in [0.29, 0.717) is 5.82 Å². The second-order valence-corrected chi connectivity index (χ2v) is 8.26. The van der Waals surface area contributed by atoms with E-state index in [2.05, 4.69) is 15.2 Å². The molecule has 4 rings (SSSR count). The predicted molar refractivity (Wildman–Crippen MR) is 106 cm³/mol. The maximum atomic E-state index is 11.8. The Hall–Kier alpha value is -3.59. The highest BCUT2D eigenvalue weighted by molar-refractivity contribution is 7.86. The Balaban J connectivity index is 1.98. The van der Waals surface area contributed by atoms with Gasteiger partial charge in [0.25, 0.3) is 21.6 Å². The number of hydrogen-bond donors (Lipinski definition) is 2. The molecule has 4 aromatic rings. The van der Waals surface area contributed by atoms with Gasteiger partial charge in [0.1, 0.15) is 10.6 Å². The number of aliphatic hydroxyl groups is 1. The zero-order valence-corrected chi connectivity index (χ0v) is 17.1. The summed E-state index contributed by atoms with van der Waals surface area (Å²) >= 11 is 1.28. The second-order valence-electron chi connectivity index (χ2n) is 6.15. The van der Waals surface area contributed by atoms with Crippen molar-refractivity contribution < 1.29 is 27.8 Å². The molecule has 31 heavy (non-hydrogen) atoms. The summed E-state index contributed by atoms with van der Waals surface area (Å²) in [5.41, 5.74) is 1.84. The van der Waals surface area contributed by atoms with E-state index in [1.54, 1.807) is 17.0 Å². The molecule has 2 aromatic heterocycles. The summed E-state index contributed by atoms with van der Waals surface area (Å²) in [5, 5.41) is 31.2. The minimum absolute atomic E-state index is 0.0418. The summed E-state index contributed by atoms with van der Waals surface area (Å²) in [5.74, 6) is 0.291. The van der Waals surface area contributed by atoms with Crippen molar-refractivity contribution in [2.75, 3.05) is 0 Å². The van der Waals surface area contributed by atoms with Crippen LogP contribution in [-0.2, 0) is 16.7 Å². The standard InChI is InChI=1S/C17H12N6O6S2/c24-8-11-7-12(23(25)26)5-6-14(11)21-19-17(20-22(21)16-9-30-10-18-16)13-3-1-2-4-15(13)31(27,28)29/h1-7,9-10,24H,8H2/p+1. The Bertz CT molecular complexity index is 1380. The highest BCUT2D eigenvalue weighted by Crippen LogP contribution is 2.25. The van der Waals surface area contributed by atoms with Crippen LogP contribution in [0, 0.1) is 10.1 Å². The molecule has 2 heterocycles. The zero-order chi connectivity index (χ0) is 22.2. The number of nitrogens with zero attached hydrogens (tertiary/aromatic N) is 6. The van der Waals surface area contributed by atoms with Crippen molar-refractivity contribution in [1.82, 2.24) is 20.0 Å². The number of hydrogen-bond acceptors (Lipinski definition) is 9. The highest BCUT2D eigenvalue weighted by atomic mass is 32.2. The van der Waals surface area contributed by atoms with Gasteiger partial charge in [0.05, 0.1) is 22.5 Å². The fourth-order valence-electron chi connectivity index (χ4n) is 2.88. The first-order valence-corrected chi connectivity index (χ1v) is 10.9. The molecule has 0 spiro atoms. The molecule has 12 nitrogen and oxygen atoms in total. The largest absolute Gasteiger partial charge is 0.392 e. The fraction of sp³-hybridized carbons (Fsp3) is 0.0588. The van der Waals surface area contributed by atoms with Crippen molar-refractivity contribution >= 4 is 27.1 Å². The number of benzene rings is 2. The number of nitro benzene ring substituents is 1. The van der Waals surface area contributed by atoms with Gasteiger partial charge in [-0.2, -0.15) is 8.42 Å². The molecule has 0 bridgehead atoms. The summed E-state index contributed by atoms with van der Waals surface area (Å²) in [6.07, 6.45) is 0. The van der Waals surface area contributed by atoms with Crippen LogP contribution in [0.25, 0.3) is 22.9 Å². The van der Waals surface area contributed by atoms with Gasteiger partial charge in [-0.05, 0) is 32.9 Å². The molecule has 0 fully saturated rings. The predicted octanol–water partition coefficient (Wildman–Crippen LogP) is 1.31. The maximum Gasteiger partial charge on any atom is 0.317 e. The highest BCUT2D eigenvalue weighted by Gasteiger charge is 2.28. The third-order valence-corrected chi connectivity index (χ3v) is 5.73. The SMILES string of the molecule is O=[N+]([O-])c1ccc(-n2nc(-c3ccccc3S(=O)(=O)O)n[n+]2-c2cscn2)c(CO)c1. The Morgan fingerprint density at radius 1 is 1.23 bits per heavy atom. The van der Waals surface area contributed by atoms with Crippen LogP contribution in [0.5, 0.6) is 0 Å². The van der Waals surface area contributed by atoms with E-state index < -0.39 is 21.6 Å². The van der Waals surface area contributed by atoms with E-state index in [9.17, 15) is 28.2 Å². The molecule has 0 saturated carbocycles. The lowest BCUT2D eigenvalue weighted by atomic mass is 10.1. The van der Waals surface area contributed by atoms with Crippen LogP contribution in [0.2, 0.25) is 0 Å². The van der Waals surface area contributed by atoms with Crippen molar-refractivity contribution in [3.63, 3.8) is 0 Å². The molecule has 158 valence electrons. The molecule has 0 aliphatic heterocycles. The van der Waals surface area contributed by atoms with Crippen molar-refractivity contribution in [3.8, 4) is 22.9 Å². The van der Waals surface area contributed by atoms with Crippen molar-refractivity contribution in [3.05, 3.63) is 69.0 Å². The Morgan fingerprint density at radius 2 is 2.00 bits per heavy atom. The van der Waals surface area contributed by atoms with Crippen LogP contribution in [0.3, 0.4) is 0 Å². The second kappa shape index (κ2) is 7.92. The third kappa shape index (κ3) is 3.91. The molecule has 0 unspecified atom stereocenters. The molecule has 14 heteroatoms. The van der Waals surface area contributed by atoms with E-state index in [4.69, 9.17) is 0 Å². The van der Waals surface area contributed by atoms with Crippen LogP contribution >= 0.6 is 11.3 Å². The van der Waals surface area contributed by atoms with Gasteiger partial charge in [-0.1, -0.05) is 17.1 Å². The van der Waals surface area contributed by atoms with Crippen molar-refractivity contribution in [1.29, 1.82) is 0 Å². The number of thiazole rings is 1. The van der Waals surface area contributed by atoms with Gasteiger partial charge in [0, 0.05) is 22.8 Å². The number of non-ortho nitro benzene ring substituents is 1. The lowest BCUT2D eigenvalue weighted by molar-refractivity contribution is -0.737. The molecule has 2 aromatic carbocycles. The van der Waals surface area contributed by atoms with Crippen LogP contribution in [-0.4, -0.2) is 43.0 Å². The normalized spacial score (nSPS) is 11.5. The topological polar surface area (TPSA) is 165 Å². The van der Waals surface area contributed by atoms with E-state index in [-0.39, 0.29) is 33.2 Å². The number of nitro groups is 1. The van der Waals surface area contributed by atoms with Gasteiger partial charge in [-0.25, -0.2) is 0 Å². The van der Waals surface area contributed by atoms with Gasteiger partial charge in [0.2, 0.25) is 0 Å². The Kier molecular flexibility index (Phi) is 5.28. The minimum Gasteiger partial charge on any atom is -0.392 e. The first-order chi connectivity index (χ1) is 14.8. The summed E-state index contributed by atoms with van der Waals surface area (Å²) in [4.78, 5) is 16.8. The third-order valence-electron chi connectivity index (χ3n) is 4.25. The lowest BCUT2D eigenvalue weighted by Gasteiger charge is -2.05. The number of aliphatic hydroxyl groups excluding tert-OH is 1. The summed E-state index contributed by atoms with van der Waals surface area (Å²) < 4.78 is 33.2. The molecule has 0 amide bonds. The van der Waals surface area contributed by atoms with E-state index in [0.717, 1.165) is 0 Å². The zero-order valence-electron chi connectivity index (χ0n) is 15.4. The van der Waals surface area contributed by atoms with Gasteiger partial charge < -0.3 is 5.11 Å². The Morgan fingerprint density at radius 3 is 2.65 bits per heavy atom. The molecular weight excluding hydrogens is 448 g/mol. The van der Waals surface area contributed by atoms with Crippen molar-refractivity contribution in [2.45, 2.75) is 11.5 Å².